The van der Waals surface area contributed by atoms with Crippen molar-refractivity contribution in [3.8, 4) is 0 Å². The van der Waals surface area contributed by atoms with Gasteiger partial charge in [0.05, 0.1) is 5.75 Å². The average molecular weight is 268 g/mol. The SMILES string of the molecule is Cc1nnc(SCc2cc(C)c(C(=O)NN)o2)o1. The van der Waals surface area contributed by atoms with Crippen LogP contribution in [0.25, 0.3) is 0 Å². The van der Waals surface area contributed by atoms with Crippen LogP contribution in [-0.2, 0) is 5.75 Å². The molecule has 2 heterocycles. The van der Waals surface area contributed by atoms with E-state index in [9.17, 15) is 4.79 Å². The molecule has 8 heteroatoms. The molecule has 0 fully saturated rings. The molecule has 2 rings (SSSR count). The fourth-order valence-corrected chi connectivity index (χ4v) is 2.07. The number of thioether (sulfide) groups is 1. The summed E-state index contributed by atoms with van der Waals surface area (Å²) in [6.07, 6.45) is 0. The molecule has 0 saturated heterocycles. The van der Waals surface area contributed by atoms with Gasteiger partial charge in [-0.15, -0.1) is 10.2 Å². The number of nitrogen functional groups attached to an aromatic ring is 1. The first-order chi connectivity index (χ1) is 8.60. The summed E-state index contributed by atoms with van der Waals surface area (Å²) in [5, 5.41) is 8.03. The van der Waals surface area contributed by atoms with Gasteiger partial charge in [0.1, 0.15) is 5.76 Å². The fraction of sp³-hybridized carbons (Fsp3) is 0.300. The molecule has 0 aliphatic heterocycles. The highest BCUT2D eigenvalue weighted by atomic mass is 32.2. The van der Waals surface area contributed by atoms with Crippen molar-refractivity contribution in [2.45, 2.75) is 24.8 Å². The Kier molecular flexibility index (Phi) is 3.68. The minimum Gasteiger partial charge on any atom is -0.455 e. The molecule has 0 unspecified atom stereocenters. The van der Waals surface area contributed by atoms with E-state index in [-0.39, 0.29) is 5.76 Å². The summed E-state index contributed by atoms with van der Waals surface area (Å²) in [5.41, 5.74) is 2.76. The average Bonchev–Trinajstić information content (AvgIpc) is 2.92. The second kappa shape index (κ2) is 5.23. The van der Waals surface area contributed by atoms with Crippen molar-refractivity contribution >= 4 is 17.7 Å². The van der Waals surface area contributed by atoms with E-state index in [1.165, 1.54) is 11.8 Å². The van der Waals surface area contributed by atoms with Gasteiger partial charge in [0.15, 0.2) is 5.76 Å². The van der Waals surface area contributed by atoms with E-state index in [1.807, 2.05) is 5.43 Å². The maximum Gasteiger partial charge on any atom is 0.301 e. The molecule has 0 aliphatic carbocycles. The normalized spacial score (nSPS) is 10.6. The summed E-state index contributed by atoms with van der Waals surface area (Å²) in [6, 6.07) is 1.78. The van der Waals surface area contributed by atoms with E-state index in [0.717, 1.165) is 5.56 Å². The molecule has 7 nitrogen and oxygen atoms in total. The molecule has 18 heavy (non-hydrogen) atoms. The highest BCUT2D eigenvalue weighted by molar-refractivity contribution is 7.98. The Hall–Kier alpha value is -1.80. The first-order valence-electron chi connectivity index (χ1n) is 5.13. The number of nitrogens with zero attached hydrogens (tertiary/aromatic N) is 2. The van der Waals surface area contributed by atoms with Gasteiger partial charge in [-0.25, -0.2) is 5.84 Å². The van der Waals surface area contributed by atoms with Crippen LogP contribution in [0.2, 0.25) is 0 Å². The van der Waals surface area contributed by atoms with Crippen LogP contribution in [0.3, 0.4) is 0 Å². The lowest BCUT2D eigenvalue weighted by molar-refractivity contribution is 0.0923. The summed E-state index contributed by atoms with van der Waals surface area (Å²) < 4.78 is 10.6. The standard InChI is InChI=1S/C10H12N4O3S/c1-5-3-7(17-8(5)9(15)12-11)4-18-10-14-13-6(2)16-10/h3H,4,11H2,1-2H3,(H,12,15). The number of hydrazine groups is 1. The fourth-order valence-electron chi connectivity index (χ4n) is 1.38. The van der Waals surface area contributed by atoms with Crippen molar-refractivity contribution in [1.82, 2.24) is 15.6 Å². The minimum atomic E-state index is -0.447. The van der Waals surface area contributed by atoms with Crippen LogP contribution < -0.4 is 11.3 Å². The highest BCUT2D eigenvalue weighted by Gasteiger charge is 2.15. The number of aryl methyl sites for hydroxylation is 2. The highest BCUT2D eigenvalue weighted by Crippen LogP contribution is 2.24. The molecule has 2 aromatic rings. The topological polar surface area (TPSA) is 107 Å². The Morgan fingerprint density at radius 3 is 2.83 bits per heavy atom. The van der Waals surface area contributed by atoms with Crippen LogP contribution in [0, 0.1) is 13.8 Å². The number of aromatic nitrogens is 2. The Labute approximate surface area is 107 Å². The van der Waals surface area contributed by atoms with Crippen molar-refractivity contribution in [2.24, 2.45) is 5.84 Å². The van der Waals surface area contributed by atoms with Gasteiger partial charge in [-0.1, -0.05) is 11.8 Å². The Balaban J connectivity index is 2.04. The van der Waals surface area contributed by atoms with E-state index in [2.05, 4.69) is 10.2 Å². The largest absolute Gasteiger partial charge is 0.455 e. The molecule has 0 aromatic carbocycles. The first-order valence-corrected chi connectivity index (χ1v) is 6.12. The third kappa shape index (κ3) is 2.71. The Morgan fingerprint density at radius 1 is 1.44 bits per heavy atom. The van der Waals surface area contributed by atoms with E-state index in [0.29, 0.717) is 22.6 Å². The molecule has 0 saturated carbocycles. The van der Waals surface area contributed by atoms with Crippen LogP contribution in [0.4, 0.5) is 0 Å². The number of carbonyl (C=O) groups is 1. The van der Waals surface area contributed by atoms with Gasteiger partial charge in [-0.3, -0.25) is 10.2 Å². The van der Waals surface area contributed by atoms with E-state index in [1.54, 1.807) is 19.9 Å². The van der Waals surface area contributed by atoms with Crippen molar-refractivity contribution in [3.63, 3.8) is 0 Å². The summed E-state index contributed by atoms with van der Waals surface area (Å²) in [4.78, 5) is 11.3. The number of furan rings is 1. The van der Waals surface area contributed by atoms with Gasteiger partial charge >= 0.3 is 5.91 Å². The lowest BCUT2D eigenvalue weighted by atomic mass is 10.2. The van der Waals surface area contributed by atoms with Gasteiger partial charge in [0.25, 0.3) is 5.22 Å². The third-order valence-corrected chi connectivity index (χ3v) is 2.99. The zero-order valence-corrected chi connectivity index (χ0v) is 10.7. The zero-order chi connectivity index (χ0) is 13.1. The van der Waals surface area contributed by atoms with Crippen LogP contribution >= 0.6 is 11.8 Å². The first kappa shape index (κ1) is 12.7. The van der Waals surface area contributed by atoms with Crippen molar-refractivity contribution in [2.75, 3.05) is 0 Å². The Bertz CT molecular complexity index is 563. The van der Waals surface area contributed by atoms with E-state index in [4.69, 9.17) is 14.7 Å². The van der Waals surface area contributed by atoms with Crippen LogP contribution in [0.1, 0.15) is 27.8 Å². The molecule has 1 amide bonds. The summed E-state index contributed by atoms with van der Waals surface area (Å²) in [5.74, 6) is 6.48. The Morgan fingerprint density at radius 2 is 2.22 bits per heavy atom. The molecule has 0 bridgehead atoms. The smallest absolute Gasteiger partial charge is 0.301 e. The molecule has 3 N–H and O–H groups in total. The number of nitrogens with two attached hydrogens (primary N) is 1. The van der Waals surface area contributed by atoms with Crippen molar-refractivity contribution < 1.29 is 13.6 Å². The quantitative estimate of drug-likeness (QED) is 0.371. The number of rotatable bonds is 4. The molecule has 96 valence electrons. The van der Waals surface area contributed by atoms with Gasteiger partial charge in [-0.2, -0.15) is 0 Å². The molecule has 0 atom stereocenters. The molecule has 0 aliphatic rings. The van der Waals surface area contributed by atoms with Gasteiger partial charge in [0, 0.05) is 12.5 Å². The summed E-state index contributed by atoms with van der Waals surface area (Å²) in [7, 11) is 0. The van der Waals surface area contributed by atoms with Crippen LogP contribution in [0.5, 0.6) is 0 Å². The molecular weight excluding hydrogens is 256 g/mol. The lowest BCUT2D eigenvalue weighted by Crippen LogP contribution is -2.30. The van der Waals surface area contributed by atoms with Gasteiger partial charge in [-0.05, 0) is 13.0 Å². The van der Waals surface area contributed by atoms with Crippen LogP contribution in [0.15, 0.2) is 20.1 Å². The van der Waals surface area contributed by atoms with E-state index >= 15 is 0 Å². The lowest BCUT2D eigenvalue weighted by Gasteiger charge is -1.95. The third-order valence-electron chi connectivity index (χ3n) is 2.15. The minimum absolute atomic E-state index is 0.217. The van der Waals surface area contributed by atoms with Crippen molar-refractivity contribution in [3.05, 3.63) is 29.0 Å². The molecular formula is C10H12N4O3S. The second-order valence-electron chi connectivity index (χ2n) is 3.57. The molecule has 0 radical (unpaired) electrons. The monoisotopic (exact) mass is 268 g/mol. The van der Waals surface area contributed by atoms with Crippen molar-refractivity contribution in [1.29, 1.82) is 0 Å². The zero-order valence-electron chi connectivity index (χ0n) is 9.89. The van der Waals surface area contributed by atoms with Gasteiger partial charge in [0.2, 0.25) is 5.89 Å². The van der Waals surface area contributed by atoms with E-state index < -0.39 is 5.91 Å². The maximum atomic E-state index is 11.3. The number of hydrogen-bond acceptors (Lipinski definition) is 7. The predicted molar refractivity (Wildman–Crippen MR) is 63.7 cm³/mol. The molecule has 0 spiro atoms. The van der Waals surface area contributed by atoms with Gasteiger partial charge < -0.3 is 8.83 Å². The summed E-state index contributed by atoms with van der Waals surface area (Å²) in [6.45, 7) is 3.50. The second-order valence-corrected chi connectivity index (χ2v) is 4.50. The predicted octanol–water partition coefficient (Wildman–Crippen LogP) is 1.18. The number of nitrogens with one attached hydrogen (secondary N) is 1. The number of hydrogen-bond donors (Lipinski definition) is 2. The number of carbonyl (C=O) groups excluding carboxylic acids is 1. The molecule has 2 aromatic heterocycles. The number of amides is 1. The maximum absolute atomic E-state index is 11.3. The van der Waals surface area contributed by atoms with Crippen LogP contribution in [-0.4, -0.2) is 16.1 Å². The summed E-state index contributed by atoms with van der Waals surface area (Å²) >= 11 is 1.34.